The first-order valence-electron chi connectivity index (χ1n) is 9.56. The van der Waals surface area contributed by atoms with Gasteiger partial charge in [-0.25, -0.2) is 0 Å². The summed E-state index contributed by atoms with van der Waals surface area (Å²) in [6, 6.07) is 14.5. The number of aromatic nitrogens is 1. The highest BCUT2D eigenvalue weighted by Crippen LogP contribution is 2.38. The number of nitrogens with zero attached hydrogens (tertiary/aromatic N) is 3. The summed E-state index contributed by atoms with van der Waals surface area (Å²) in [4.78, 5) is 23.7. The number of benzene rings is 2. The lowest BCUT2D eigenvalue weighted by molar-refractivity contribution is -0.141. The van der Waals surface area contributed by atoms with E-state index in [9.17, 15) is 14.7 Å². The lowest BCUT2D eigenvalue weighted by Gasteiger charge is -2.05. The average Bonchev–Trinajstić information content (AvgIpc) is 3.03. The predicted molar refractivity (Wildman–Crippen MR) is 111 cm³/mol. The molecule has 30 heavy (non-hydrogen) atoms. The second-order valence-electron chi connectivity index (χ2n) is 6.63. The number of hydrogen-bond donors (Lipinski definition) is 1. The number of aromatic hydroxyl groups is 1. The summed E-state index contributed by atoms with van der Waals surface area (Å²) >= 11 is 0. The lowest BCUT2D eigenvalue weighted by atomic mass is 10.1. The second-order valence-corrected chi connectivity index (χ2v) is 6.63. The van der Waals surface area contributed by atoms with E-state index in [1.165, 1.54) is 17.2 Å². The van der Waals surface area contributed by atoms with Gasteiger partial charge in [-0.1, -0.05) is 43.7 Å². The number of carbonyl (C=O) groups excluding carboxylic acids is 2. The van der Waals surface area contributed by atoms with Gasteiger partial charge in [0, 0.05) is 5.39 Å². The Balaban J connectivity index is 1.72. The van der Waals surface area contributed by atoms with Crippen molar-refractivity contribution in [1.82, 2.24) is 4.57 Å². The highest BCUT2D eigenvalue weighted by molar-refractivity contribution is 5.96. The number of fused-ring (bicyclic) bond motifs is 1. The van der Waals surface area contributed by atoms with Crippen LogP contribution in [-0.4, -0.2) is 35.3 Å². The Morgan fingerprint density at radius 3 is 2.53 bits per heavy atom. The van der Waals surface area contributed by atoms with Crippen LogP contribution >= 0.6 is 0 Å². The molecule has 1 amide bonds. The fourth-order valence-corrected chi connectivity index (χ4v) is 3.04. The maximum absolute atomic E-state index is 12.1. The van der Waals surface area contributed by atoms with Crippen LogP contribution in [0, 0.1) is 0 Å². The number of ether oxygens (including phenoxy) is 2. The normalized spacial score (nSPS) is 11.1. The Labute approximate surface area is 173 Å². The summed E-state index contributed by atoms with van der Waals surface area (Å²) in [5.74, 6) is -0.831. The molecular formula is C22H23N3O5. The molecule has 156 valence electrons. The second kappa shape index (κ2) is 9.69. The molecule has 0 saturated heterocycles. The van der Waals surface area contributed by atoms with Gasteiger partial charge in [0.05, 0.1) is 12.6 Å². The van der Waals surface area contributed by atoms with Crippen molar-refractivity contribution in [3.8, 4) is 11.6 Å². The predicted octanol–water partition coefficient (Wildman–Crippen LogP) is 4.16. The Bertz CT molecular complexity index is 1070. The monoisotopic (exact) mass is 409 g/mol. The Kier molecular flexibility index (Phi) is 6.79. The number of rotatable bonds is 8. The number of azo groups is 1. The number of hydrogen-bond acceptors (Lipinski definition) is 6. The molecule has 0 radical (unpaired) electrons. The van der Waals surface area contributed by atoms with Crippen LogP contribution in [-0.2, 0) is 27.3 Å². The molecule has 0 aliphatic rings. The first-order valence-corrected chi connectivity index (χ1v) is 9.56. The van der Waals surface area contributed by atoms with Crippen LogP contribution in [0.2, 0.25) is 0 Å². The van der Waals surface area contributed by atoms with Crippen molar-refractivity contribution in [2.75, 3.05) is 13.7 Å². The molecule has 0 saturated carbocycles. The first-order chi connectivity index (χ1) is 14.5. The lowest BCUT2D eigenvalue weighted by Crippen LogP contribution is -2.10. The van der Waals surface area contributed by atoms with Gasteiger partial charge in [0.1, 0.15) is 12.3 Å². The van der Waals surface area contributed by atoms with Crippen molar-refractivity contribution in [3.63, 3.8) is 0 Å². The summed E-state index contributed by atoms with van der Waals surface area (Å²) in [5, 5.41) is 18.6. The highest BCUT2D eigenvalue weighted by Gasteiger charge is 2.18. The molecule has 3 rings (SSSR count). The fraction of sp³-hybridized carbons (Fsp3) is 0.273. The molecule has 0 spiro atoms. The Morgan fingerprint density at radius 1 is 1.10 bits per heavy atom. The molecule has 1 heterocycles. The van der Waals surface area contributed by atoms with E-state index in [1.54, 1.807) is 24.3 Å². The third-order valence-electron chi connectivity index (χ3n) is 4.52. The van der Waals surface area contributed by atoms with Crippen LogP contribution < -0.4 is 4.74 Å². The van der Waals surface area contributed by atoms with Gasteiger partial charge in [-0.15, -0.1) is 10.2 Å². The van der Waals surface area contributed by atoms with Gasteiger partial charge in [0.25, 0.3) is 0 Å². The first kappa shape index (κ1) is 21.0. The van der Waals surface area contributed by atoms with Crippen molar-refractivity contribution in [3.05, 3.63) is 54.1 Å². The van der Waals surface area contributed by atoms with Crippen molar-refractivity contribution in [1.29, 1.82) is 0 Å². The molecule has 0 bridgehead atoms. The third-order valence-corrected chi connectivity index (χ3v) is 4.52. The van der Waals surface area contributed by atoms with Crippen molar-refractivity contribution >= 4 is 28.5 Å². The van der Waals surface area contributed by atoms with E-state index in [4.69, 9.17) is 4.74 Å². The van der Waals surface area contributed by atoms with Crippen LogP contribution in [0.15, 0.2) is 58.8 Å². The topological polar surface area (TPSA) is 102 Å². The van der Waals surface area contributed by atoms with Crippen LogP contribution in [0.1, 0.15) is 18.9 Å². The van der Waals surface area contributed by atoms with Crippen molar-refractivity contribution in [2.24, 2.45) is 10.2 Å². The van der Waals surface area contributed by atoms with E-state index in [0.717, 1.165) is 12.8 Å². The SMILES string of the molecule is CCCc1ccc(OCC(=O)N=Nc2c(O)n(CC(=O)OC)c3ccccc23)cc1. The molecule has 0 atom stereocenters. The molecule has 1 N–H and O–H groups in total. The molecule has 0 aliphatic heterocycles. The summed E-state index contributed by atoms with van der Waals surface area (Å²) in [6.07, 6.45) is 2.04. The van der Waals surface area contributed by atoms with Gasteiger partial charge in [-0.3, -0.25) is 14.2 Å². The Morgan fingerprint density at radius 2 is 1.83 bits per heavy atom. The summed E-state index contributed by atoms with van der Waals surface area (Å²) in [6.45, 7) is 1.64. The molecule has 0 fully saturated rings. The van der Waals surface area contributed by atoms with Gasteiger partial charge in [0.15, 0.2) is 12.3 Å². The van der Waals surface area contributed by atoms with Gasteiger partial charge >= 0.3 is 11.9 Å². The van der Waals surface area contributed by atoms with E-state index in [0.29, 0.717) is 16.7 Å². The minimum absolute atomic E-state index is 0.103. The third kappa shape index (κ3) is 4.83. The van der Waals surface area contributed by atoms with E-state index in [-0.39, 0.29) is 24.7 Å². The standard InChI is InChI=1S/C22H23N3O5/c1-3-6-15-9-11-16(12-10-15)30-14-19(26)23-24-21-17-7-4-5-8-18(17)25(22(21)28)13-20(27)29-2/h4-5,7-12,28H,3,6,13-14H2,1-2H3. The minimum atomic E-state index is -0.600. The Hall–Kier alpha value is -3.68. The van der Waals surface area contributed by atoms with Gasteiger partial charge < -0.3 is 14.6 Å². The molecule has 8 nitrogen and oxygen atoms in total. The minimum Gasteiger partial charge on any atom is -0.493 e. The number of amides is 1. The number of esters is 1. The number of para-hydroxylation sites is 1. The summed E-state index contributed by atoms with van der Waals surface area (Å²) in [7, 11) is 1.27. The number of methoxy groups -OCH3 is 1. The zero-order valence-corrected chi connectivity index (χ0v) is 16.9. The molecule has 3 aromatic rings. The molecule has 1 aromatic heterocycles. The van der Waals surface area contributed by atoms with E-state index >= 15 is 0 Å². The molecular weight excluding hydrogens is 386 g/mol. The number of aryl methyl sites for hydroxylation is 1. The average molecular weight is 409 g/mol. The molecule has 8 heteroatoms. The van der Waals surface area contributed by atoms with E-state index < -0.39 is 11.9 Å². The van der Waals surface area contributed by atoms with Crippen LogP contribution in [0.5, 0.6) is 11.6 Å². The van der Waals surface area contributed by atoms with Crippen LogP contribution in [0.3, 0.4) is 0 Å². The number of carbonyl (C=O) groups is 2. The van der Waals surface area contributed by atoms with Crippen molar-refractivity contribution in [2.45, 2.75) is 26.3 Å². The highest BCUT2D eigenvalue weighted by atomic mass is 16.5. The van der Waals surface area contributed by atoms with E-state index in [2.05, 4.69) is 21.9 Å². The van der Waals surface area contributed by atoms with Crippen LogP contribution in [0.25, 0.3) is 10.9 Å². The van der Waals surface area contributed by atoms with Crippen molar-refractivity contribution < 1.29 is 24.2 Å². The largest absolute Gasteiger partial charge is 0.493 e. The summed E-state index contributed by atoms with van der Waals surface area (Å²) in [5.41, 5.74) is 1.88. The summed E-state index contributed by atoms with van der Waals surface area (Å²) < 4.78 is 11.5. The van der Waals surface area contributed by atoms with Gasteiger partial charge in [-0.2, -0.15) is 0 Å². The molecule has 0 unspecified atom stereocenters. The molecule has 0 aliphatic carbocycles. The molecule has 2 aromatic carbocycles. The van der Waals surface area contributed by atoms with Gasteiger partial charge in [-0.05, 0) is 30.2 Å². The zero-order chi connectivity index (χ0) is 21.5. The zero-order valence-electron chi connectivity index (χ0n) is 16.9. The maximum Gasteiger partial charge on any atom is 0.325 e. The quantitative estimate of drug-likeness (QED) is 0.444. The van der Waals surface area contributed by atoms with Crippen LogP contribution in [0.4, 0.5) is 5.69 Å². The fourth-order valence-electron chi connectivity index (χ4n) is 3.04. The maximum atomic E-state index is 12.1. The van der Waals surface area contributed by atoms with Gasteiger partial charge in [0.2, 0.25) is 5.88 Å². The van der Waals surface area contributed by atoms with E-state index in [1.807, 2.05) is 24.3 Å². The smallest absolute Gasteiger partial charge is 0.325 e.